The van der Waals surface area contributed by atoms with Gasteiger partial charge in [0.05, 0.1) is 23.9 Å². The van der Waals surface area contributed by atoms with Crippen molar-refractivity contribution in [3.05, 3.63) is 29.3 Å². The summed E-state index contributed by atoms with van der Waals surface area (Å²) in [6, 6.07) is 5.01. The molecule has 7 nitrogen and oxygen atoms in total. The third kappa shape index (κ3) is 3.85. The van der Waals surface area contributed by atoms with Crippen LogP contribution in [0.1, 0.15) is 54.4 Å². The highest BCUT2D eigenvalue weighted by Gasteiger charge is 2.37. The number of carbonyl (C=O) groups is 2. The topological polar surface area (TPSA) is 104 Å². The minimum atomic E-state index is -3.35. The van der Waals surface area contributed by atoms with E-state index >= 15 is 0 Å². The smallest absolute Gasteiger partial charge is 0.305 e. The number of nitrogens with one attached hydrogen (secondary N) is 1. The van der Waals surface area contributed by atoms with Gasteiger partial charge in [0.25, 0.3) is 5.91 Å². The van der Waals surface area contributed by atoms with E-state index in [2.05, 4.69) is 5.32 Å². The van der Waals surface area contributed by atoms with Crippen LogP contribution in [-0.4, -0.2) is 43.7 Å². The Balaban J connectivity index is 1.84. The molecule has 1 aromatic rings. The Morgan fingerprint density at radius 1 is 1.23 bits per heavy atom. The molecular weight excluding hydrogens is 356 g/mol. The van der Waals surface area contributed by atoms with Gasteiger partial charge in [-0.1, -0.05) is 12.8 Å². The Hall–Kier alpha value is -2.09. The van der Waals surface area contributed by atoms with Crippen molar-refractivity contribution in [1.29, 1.82) is 0 Å². The highest BCUT2D eigenvalue weighted by atomic mass is 32.2. The number of sulfonamides is 1. The molecule has 1 heterocycles. The molecule has 8 heteroatoms. The molecule has 1 saturated carbocycles. The van der Waals surface area contributed by atoms with Crippen molar-refractivity contribution in [2.24, 2.45) is 0 Å². The zero-order chi connectivity index (χ0) is 18.9. The molecule has 0 radical (unpaired) electrons. The standard InChI is InChI=1S/C18H24N2O5S/c1-26(24,25)20-10-4-5-13-11-14(6-7-15(13)20)17(23)19-18(12-16(21)22)8-2-3-9-18/h6-7,11H,2-5,8-10,12H2,1H3,(H,19,23)(H,21,22). The van der Waals surface area contributed by atoms with E-state index in [1.165, 1.54) is 10.6 Å². The molecule has 1 aromatic carbocycles. The van der Waals surface area contributed by atoms with Gasteiger partial charge in [0.15, 0.2) is 0 Å². The maximum atomic E-state index is 12.7. The number of fused-ring (bicyclic) bond motifs is 1. The Bertz CT molecular complexity index is 828. The first-order valence-corrected chi connectivity index (χ1v) is 10.7. The summed E-state index contributed by atoms with van der Waals surface area (Å²) >= 11 is 0. The number of hydrogen-bond donors (Lipinski definition) is 2. The molecule has 0 bridgehead atoms. The average molecular weight is 380 g/mol. The maximum Gasteiger partial charge on any atom is 0.305 e. The van der Waals surface area contributed by atoms with Gasteiger partial charge in [0.2, 0.25) is 10.0 Å². The summed E-state index contributed by atoms with van der Waals surface area (Å²) in [5, 5.41) is 12.1. The number of hydrogen-bond acceptors (Lipinski definition) is 4. The van der Waals surface area contributed by atoms with Crippen molar-refractivity contribution in [2.45, 2.75) is 50.5 Å². The Morgan fingerprint density at radius 3 is 2.54 bits per heavy atom. The van der Waals surface area contributed by atoms with Crippen LogP contribution in [0.4, 0.5) is 5.69 Å². The number of carbonyl (C=O) groups excluding carboxylic acids is 1. The zero-order valence-electron chi connectivity index (χ0n) is 14.8. The van der Waals surface area contributed by atoms with E-state index in [9.17, 15) is 23.1 Å². The fourth-order valence-corrected chi connectivity index (χ4v) is 5.04. The first kappa shape index (κ1) is 18.7. The summed E-state index contributed by atoms with van der Waals surface area (Å²) < 4.78 is 25.2. The largest absolute Gasteiger partial charge is 0.481 e. The molecule has 2 aliphatic rings. The van der Waals surface area contributed by atoms with Crippen molar-refractivity contribution in [3.8, 4) is 0 Å². The molecule has 0 spiro atoms. The van der Waals surface area contributed by atoms with Crippen LogP contribution in [0.5, 0.6) is 0 Å². The van der Waals surface area contributed by atoms with Gasteiger partial charge in [-0.2, -0.15) is 0 Å². The van der Waals surface area contributed by atoms with Crippen LogP contribution in [-0.2, 0) is 21.2 Å². The van der Waals surface area contributed by atoms with Crippen LogP contribution >= 0.6 is 0 Å². The molecule has 3 rings (SSSR count). The monoisotopic (exact) mass is 380 g/mol. The lowest BCUT2D eigenvalue weighted by Gasteiger charge is -2.31. The van der Waals surface area contributed by atoms with E-state index in [1.54, 1.807) is 18.2 Å². The predicted octanol–water partition coefficient (Wildman–Crippen LogP) is 1.92. The van der Waals surface area contributed by atoms with Gasteiger partial charge >= 0.3 is 5.97 Å². The van der Waals surface area contributed by atoms with Crippen LogP contribution in [0.25, 0.3) is 0 Å². The number of carboxylic acids is 1. The minimum Gasteiger partial charge on any atom is -0.481 e. The number of carboxylic acid groups (broad SMARTS) is 1. The summed E-state index contributed by atoms with van der Waals surface area (Å²) in [6.07, 6.45) is 5.65. The van der Waals surface area contributed by atoms with Crippen LogP contribution in [0.3, 0.4) is 0 Å². The third-order valence-electron chi connectivity index (χ3n) is 5.25. The molecular formula is C18H24N2O5S. The second kappa shape index (κ2) is 6.90. The number of aliphatic carboxylic acids is 1. The van der Waals surface area contributed by atoms with Gasteiger partial charge in [-0.3, -0.25) is 13.9 Å². The molecule has 0 unspecified atom stereocenters. The van der Waals surface area contributed by atoms with Crippen molar-refractivity contribution in [2.75, 3.05) is 17.1 Å². The quantitative estimate of drug-likeness (QED) is 0.812. The van der Waals surface area contributed by atoms with Gasteiger partial charge in [-0.25, -0.2) is 8.42 Å². The lowest BCUT2D eigenvalue weighted by Crippen LogP contribution is -2.47. The molecule has 142 valence electrons. The van der Waals surface area contributed by atoms with E-state index in [-0.39, 0.29) is 12.3 Å². The molecule has 26 heavy (non-hydrogen) atoms. The molecule has 1 fully saturated rings. The van der Waals surface area contributed by atoms with E-state index in [0.29, 0.717) is 43.5 Å². The Morgan fingerprint density at radius 2 is 1.92 bits per heavy atom. The summed E-state index contributed by atoms with van der Waals surface area (Å²) in [5.41, 5.74) is 1.21. The van der Waals surface area contributed by atoms with Crippen molar-refractivity contribution >= 4 is 27.6 Å². The van der Waals surface area contributed by atoms with E-state index in [0.717, 1.165) is 18.4 Å². The van der Waals surface area contributed by atoms with Crippen LogP contribution < -0.4 is 9.62 Å². The molecule has 1 aliphatic heterocycles. The van der Waals surface area contributed by atoms with Gasteiger partial charge in [-0.15, -0.1) is 0 Å². The number of amides is 1. The number of aryl methyl sites for hydroxylation is 1. The highest BCUT2D eigenvalue weighted by Crippen LogP contribution is 2.34. The number of rotatable bonds is 5. The molecule has 2 N–H and O–H groups in total. The summed E-state index contributed by atoms with van der Waals surface area (Å²) in [5.74, 6) is -1.21. The third-order valence-corrected chi connectivity index (χ3v) is 6.43. The maximum absolute atomic E-state index is 12.7. The predicted molar refractivity (Wildman–Crippen MR) is 97.9 cm³/mol. The van der Waals surface area contributed by atoms with Crippen LogP contribution in [0.15, 0.2) is 18.2 Å². The highest BCUT2D eigenvalue weighted by molar-refractivity contribution is 7.92. The van der Waals surface area contributed by atoms with Crippen LogP contribution in [0, 0.1) is 0 Å². The SMILES string of the molecule is CS(=O)(=O)N1CCCc2cc(C(=O)NC3(CC(=O)O)CCCC3)ccc21. The fraction of sp³-hybridized carbons (Fsp3) is 0.556. The number of nitrogens with zero attached hydrogens (tertiary/aromatic N) is 1. The lowest BCUT2D eigenvalue weighted by atomic mass is 9.92. The fourth-order valence-electron chi connectivity index (χ4n) is 4.05. The summed E-state index contributed by atoms with van der Waals surface area (Å²) in [6.45, 7) is 0.444. The second-order valence-corrected chi connectivity index (χ2v) is 9.20. The second-order valence-electron chi connectivity index (χ2n) is 7.29. The first-order chi connectivity index (χ1) is 12.2. The van der Waals surface area contributed by atoms with E-state index in [4.69, 9.17) is 0 Å². The Kier molecular flexibility index (Phi) is 4.96. The minimum absolute atomic E-state index is 0.0778. The zero-order valence-corrected chi connectivity index (χ0v) is 15.6. The van der Waals surface area contributed by atoms with E-state index in [1.807, 2.05) is 0 Å². The average Bonchev–Trinajstić information content (AvgIpc) is 3.00. The Labute approximate surface area is 153 Å². The normalized spacial score (nSPS) is 19.0. The van der Waals surface area contributed by atoms with Crippen molar-refractivity contribution < 1.29 is 23.1 Å². The van der Waals surface area contributed by atoms with Gasteiger partial charge < -0.3 is 10.4 Å². The van der Waals surface area contributed by atoms with Gasteiger partial charge in [0.1, 0.15) is 0 Å². The number of benzene rings is 1. The molecule has 1 amide bonds. The van der Waals surface area contributed by atoms with E-state index < -0.39 is 21.5 Å². The van der Waals surface area contributed by atoms with Gasteiger partial charge in [-0.05, 0) is 49.4 Å². The van der Waals surface area contributed by atoms with Crippen LogP contribution in [0.2, 0.25) is 0 Å². The molecule has 0 saturated heterocycles. The lowest BCUT2D eigenvalue weighted by molar-refractivity contribution is -0.138. The van der Waals surface area contributed by atoms with Crippen molar-refractivity contribution in [3.63, 3.8) is 0 Å². The molecule has 0 aromatic heterocycles. The number of anilines is 1. The van der Waals surface area contributed by atoms with Gasteiger partial charge in [0, 0.05) is 12.1 Å². The first-order valence-electron chi connectivity index (χ1n) is 8.85. The molecule has 1 aliphatic carbocycles. The van der Waals surface area contributed by atoms with Crippen molar-refractivity contribution in [1.82, 2.24) is 5.32 Å². The summed E-state index contributed by atoms with van der Waals surface area (Å²) in [4.78, 5) is 23.9. The summed E-state index contributed by atoms with van der Waals surface area (Å²) in [7, 11) is -3.35. The molecule has 0 atom stereocenters.